The van der Waals surface area contributed by atoms with E-state index in [2.05, 4.69) is 177 Å². The van der Waals surface area contributed by atoms with Gasteiger partial charge >= 0.3 is 0 Å². The molecule has 0 bridgehead atoms. The molecule has 5 aromatic rings. The molecule has 46 heavy (non-hydrogen) atoms. The Morgan fingerprint density at radius 2 is 1.13 bits per heavy atom. The van der Waals surface area contributed by atoms with Gasteiger partial charge in [-0.25, -0.2) is 0 Å². The first kappa shape index (κ1) is 31.7. The fourth-order valence-corrected chi connectivity index (χ4v) is 8.78. The van der Waals surface area contributed by atoms with Crippen LogP contribution in [0, 0.1) is 0 Å². The van der Waals surface area contributed by atoms with Gasteiger partial charge in [-0.1, -0.05) is 170 Å². The second-order valence-corrected chi connectivity index (χ2v) is 17.4. The van der Waals surface area contributed by atoms with Crippen molar-refractivity contribution < 1.29 is 0 Å². The maximum atomic E-state index is 3.87. The number of hydrogen-bond donors (Lipinski definition) is 0. The van der Waals surface area contributed by atoms with Crippen molar-refractivity contribution in [3.63, 3.8) is 0 Å². The lowest BCUT2D eigenvalue weighted by molar-refractivity contribution is 0.589. The predicted molar refractivity (Wildman–Crippen MR) is 206 cm³/mol. The van der Waals surface area contributed by atoms with E-state index in [-0.39, 0.29) is 10.8 Å². The lowest BCUT2D eigenvalue weighted by Gasteiger charge is -2.38. The molecule has 7 rings (SSSR count). The van der Waals surface area contributed by atoms with Crippen molar-refractivity contribution in [2.45, 2.75) is 83.3 Å². The van der Waals surface area contributed by atoms with Gasteiger partial charge in [-0.15, -0.1) is 0 Å². The van der Waals surface area contributed by atoms with Crippen LogP contribution in [0.4, 0.5) is 0 Å². The minimum atomic E-state index is 0.128. The molecule has 2 aliphatic heterocycles. The predicted octanol–water partition coefficient (Wildman–Crippen LogP) is 12.3. The molecule has 232 valence electrons. The van der Waals surface area contributed by atoms with Crippen LogP contribution < -0.4 is 5.46 Å². The second kappa shape index (κ2) is 12.0. The summed E-state index contributed by atoms with van der Waals surface area (Å²) in [5.41, 5.74) is 15.9. The van der Waals surface area contributed by atoms with Gasteiger partial charge in [0, 0.05) is 8.95 Å². The third-order valence-corrected chi connectivity index (χ3v) is 11.5. The quantitative estimate of drug-likeness (QED) is 0.162. The van der Waals surface area contributed by atoms with Crippen molar-refractivity contribution in [1.29, 1.82) is 0 Å². The molecule has 2 heterocycles. The smallest absolute Gasteiger partial charge is 0.0683 e. The highest BCUT2D eigenvalue weighted by atomic mass is 79.9. The zero-order chi connectivity index (χ0) is 32.4. The van der Waals surface area contributed by atoms with Crippen LogP contribution in [0.2, 0.25) is 6.32 Å². The van der Waals surface area contributed by atoms with Crippen LogP contribution in [0.1, 0.15) is 93.1 Å². The molecular weight excluding hydrogens is 687 g/mol. The monoisotopic (exact) mass is 728 g/mol. The molecule has 0 aromatic heterocycles. The van der Waals surface area contributed by atoms with Crippen LogP contribution >= 0.6 is 31.9 Å². The number of halogens is 2. The SMILES string of the molecule is CC(C)(C)c1ccc(CC2CCB3c4c(cccc4-c4cc(Br)ccc4C3c3ccc(C(C)(C)C)cc3)-c3cc(Br)ccc32)cc1. The lowest BCUT2D eigenvalue weighted by Crippen LogP contribution is -2.44. The molecule has 2 aliphatic rings. The van der Waals surface area contributed by atoms with E-state index < -0.39 is 0 Å². The number of rotatable bonds is 3. The fraction of sp³-hybridized carbons (Fsp3) is 0.302. The van der Waals surface area contributed by atoms with Crippen molar-refractivity contribution in [1.82, 2.24) is 0 Å². The summed E-state index contributed by atoms with van der Waals surface area (Å²) in [4.78, 5) is 0. The summed E-state index contributed by atoms with van der Waals surface area (Å²) in [5.74, 6) is 0.738. The minimum absolute atomic E-state index is 0.128. The van der Waals surface area contributed by atoms with Gasteiger partial charge in [0.25, 0.3) is 0 Å². The van der Waals surface area contributed by atoms with Gasteiger partial charge in [0.1, 0.15) is 0 Å². The zero-order valence-electron chi connectivity index (χ0n) is 27.9. The van der Waals surface area contributed by atoms with E-state index in [9.17, 15) is 0 Å². The van der Waals surface area contributed by atoms with Crippen LogP contribution in [0.5, 0.6) is 0 Å². The summed E-state index contributed by atoms with van der Waals surface area (Å²) in [6.45, 7) is 14.2. The normalized spacial score (nSPS) is 17.4. The van der Waals surface area contributed by atoms with Crippen molar-refractivity contribution >= 4 is 44.0 Å². The first-order valence-corrected chi connectivity index (χ1v) is 18.4. The first-order valence-electron chi connectivity index (χ1n) is 16.8. The Bertz CT molecular complexity index is 1910. The Morgan fingerprint density at radius 3 is 1.70 bits per heavy atom. The summed E-state index contributed by atoms with van der Waals surface area (Å²) in [6.07, 6.45) is 3.34. The number of fused-ring (bicyclic) bond motifs is 4. The van der Waals surface area contributed by atoms with Gasteiger partial charge in [0.2, 0.25) is 0 Å². The van der Waals surface area contributed by atoms with E-state index in [4.69, 9.17) is 0 Å². The maximum Gasteiger partial charge on any atom is 0.190 e. The molecule has 2 atom stereocenters. The van der Waals surface area contributed by atoms with Crippen molar-refractivity contribution in [2.75, 3.05) is 0 Å². The van der Waals surface area contributed by atoms with E-state index in [1.807, 2.05) is 0 Å². The van der Waals surface area contributed by atoms with Gasteiger partial charge in [0.05, 0.1) is 0 Å². The van der Waals surface area contributed by atoms with E-state index in [1.54, 1.807) is 0 Å². The van der Waals surface area contributed by atoms with Crippen LogP contribution in [0.3, 0.4) is 0 Å². The summed E-state index contributed by atoms with van der Waals surface area (Å²) in [5, 5.41) is 0. The Morgan fingerprint density at radius 1 is 0.609 bits per heavy atom. The van der Waals surface area contributed by atoms with Crippen LogP contribution in [-0.2, 0) is 17.3 Å². The van der Waals surface area contributed by atoms with Gasteiger partial charge in [-0.05, 0) is 109 Å². The molecule has 0 fully saturated rings. The number of hydrogen-bond acceptors (Lipinski definition) is 0. The molecule has 0 aliphatic carbocycles. The third-order valence-electron chi connectivity index (χ3n) is 10.5. The van der Waals surface area contributed by atoms with Crippen LogP contribution in [-0.4, -0.2) is 6.71 Å². The summed E-state index contributed by atoms with van der Waals surface area (Å²) in [7, 11) is 0. The van der Waals surface area contributed by atoms with Gasteiger partial charge in [0.15, 0.2) is 6.71 Å². The summed E-state index contributed by atoms with van der Waals surface area (Å²) < 4.78 is 2.28. The standard InChI is InChI=1S/C43H43BBr2/c1-42(2,3)30-14-10-27(11-15-30)24-29-22-23-44-40(28-12-16-31(17-13-28)43(4,5)6)37-21-19-33(46)26-39(37)36-9-7-8-35(41(36)44)38-25-32(45)18-20-34(29)38/h7-21,25-26,29,40H,22-24H2,1-6H3. The molecule has 3 heteroatoms. The molecule has 5 aromatic carbocycles. The van der Waals surface area contributed by atoms with E-state index in [0.717, 1.165) is 28.1 Å². The lowest BCUT2D eigenvalue weighted by atomic mass is 9.28. The summed E-state index contributed by atoms with van der Waals surface area (Å²) in [6, 6.07) is 40.0. The molecule has 0 saturated carbocycles. The molecule has 2 unspecified atom stereocenters. The third kappa shape index (κ3) is 5.88. The maximum absolute atomic E-state index is 3.87. The van der Waals surface area contributed by atoms with Gasteiger partial charge in [-0.3, -0.25) is 0 Å². The average molecular weight is 730 g/mol. The highest BCUT2D eigenvalue weighted by Gasteiger charge is 2.41. The summed E-state index contributed by atoms with van der Waals surface area (Å²) >= 11 is 7.69. The van der Waals surface area contributed by atoms with Crippen LogP contribution in [0.25, 0.3) is 22.3 Å². The fourth-order valence-electron chi connectivity index (χ4n) is 8.06. The van der Waals surface area contributed by atoms with E-state index in [0.29, 0.717) is 18.4 Å². The Labute approximate surface area is 293 Å². The Balaban J connectivity index is 1.40. The zero-order valence-corrected chi connectivity index (χ0v) is 31.1. The van der Waals surface area contributed by atoms with Crippen molar-refractivity contribution in [3.05, 3.63) is 145 Å². The first-order chi connectivity index (χ1) is 21.9. The van der Waals surface area contributed by atoms with Crippen LogP contribution in [0.15, 0.2) is 112 Å². The Hall–Kier alpha value is -2.88. The van der Waals surface area contributed by atoms with Crippen molar-refractivity contribution in [2.24, 2.45) is 0 Å². The van der Waals surface area contributed by atoms with Gasteiger partial charge in [-0.2, -0.15) is 0 Å². The van der Waals surface area contributed by atoms with Crippen molar-refractivity contribution in [3.8, 4) is 22.3 Å². The molecule has 0 spiro atoms. The van der Waals surface area contributed by atoms with Gasteiger partial charge < -0.3 is 0 Å². The molecule has 0 radical (unpaired) electrons. The second-order valence-electron chi connectivity index (χ2n) is 15.6. The molecule has 0 amide bonds. The molecule has 0 saturated heterocycles. The minimum Gasteiger partial charge on any atom is -0.0683 e. The Kier molecular flexibility index (Phi) is 8.26. The highest BCUT2D eigenvalue weighted by molar-refractivity contribution is 9.10. The van der Waals surface area contributed by atoms with E-state index in [1.165, 1.54) is 61.1 Å². The number of benzene rings is 5. The molecule has 0 N–H and O–H groups in total. The molecule has 0 nitrogen and oxygen atoms in total. The largest absolute Gasteiger partial charge is 0.190 e. The molecular formula is C43H43BBr2. The average Bonchev–Trinajstić information content (AvgIpc) is 3.01. The highest BCUT2D eigenvalue weighted by Crippen LogP contribution is 2.47. The topological polar surface area (TPSA) is 0 Å². The van der Waals surface area contributed by atoms with E-state index >= 15 is 0 Å².